The fourth-order valence-electron chi connectivity index (χ4n) is 2.66. The number of ether oxygens (including phenoxy) is 3. The molecule has 0 saturated carbocycles. The van der Waals surface area contributed by atoms with E-state index in [0.717, 1.165) is 23.4 Å². The second-order valence-electron chi connectivity index (χ2n) is 5.89. The average molecular weight is 513 g/mol. The van der Waals surface area contributed by atoms with Crippen molar-refractivity contribution in [2.45, 2.75) is 20.0 Å². The van der Waals surface area contributed by atoms with Crippen LogP contribution in [-0.2, 0) is 17.8 Å². The summed E-state index contributed by atoms with van der Waals surface area (Å²) in [6.45, 7) is 3.71. The molecule has 0 saturated heterocycles. The molecule has 0 amide bonds. The van der Waals surface area contributed by atoms with Gasteiger partial charge in [-0.05, 0) is 30.7 Å². The van der Waals surface area contributed by atoms with Gasteiger partial charge in [0, 0.05) is 18.7 Å². The van der Waals surface area contributed by atoms with E-state index in [4.69, 9.17) is 14.2 Å². The van der Waals surface area contributed by atoms with E-state index in [1.54, 1.807) is 19.2 Å². The first kappa shape index (κ1) is 24.5. The van der Waals surface area contributed by atoms with Crippen LogP contribution >= 0.6 is 24.0 Å². The van der Waals surface area contributed by atoms with Gasteiger partial charge >= 0.3 is 5.97 Å². The van der Waals surface area contributed by atoms with E-state index in [-0.39, 0.29) is 24.0 Å². The highest BCUT2D eigenvalue weighted by Gasteiger charge is 2.13. The summed E-state index contributed by atoms with van der Waals surface area (Å²) in [5.74, 6) is 1.53. The van der Waals surface area contributed by atoms with Gasteiger partial charge in [-0.3, -0.25) is 0 Å². The van der Waals surface area contributed by atoms with Crippen molar-refractivity contribution < 1.29 is 19.0 Å². The smallest absolute Gasteiger partial charge is 0.341 e. The number of benzene rings is 2. The first-order valence-electron chi connectivity index (χ1n) is 9.02. The first-order chi connectivity index (χ1) is 13.6. The highest BCUT2D eigenvalue weighted by molar-refractivity contribution is 14.0. The zero-order chi connectivity index (χ0) is 20.4. The molecule has 0 atom stereocenters. The van der Waals surface area contributed by atoms with Gasteiger partial charge in [0.2, 0.25) is 0 Å². The Bertz CT molecular complexity index is 827. The number of nitrogens with zero attached hydrogens (tertiary/aromatic N) is 1. The normalized spacial score (nSPS) is 10.6. The predicted molar refractivity (Wildman–Crippen MR) is 124 cm³/mol. The molecular formula is C21H28IN3O4. The largest absolute Gasteiger partial charge is 0.496 e. The Morgan fingerprint density at radius 3 is 2.38 bits per heavy atom. The van der Waals surface area contributed by atoms with Crippen LogP contribution in [0.3, 0.4) is 0 Å². The first-order valence-corrected chi connectivity index (χ1v) is 9.02. The van der Waals surface area contributed by atoms with E-state index in [2.05, 4.69) is 15.6 Å². The van der Waals surface area contributed by atoms with E-state index < -0.39 is 5.97 Å². The van der Waals surface area contributed by atoms with Crippen LogP contribution in [0.4, 0.5) is 0 Å². The number of aliphatic imine (C=N–C) groups is 1. The van der Waals surface area contributed by atoms with Crippen LogP contribution in [0, 0.1) is 0 Å². The molecule has 2 aromatic rings. The van der Waals surface area contributed by atoms with E-state index in [9.17, 15) is 4.79 Å². The average Bonchev–Trinajstić information content (AvgIpc) is 2.75. The lowest BCUT2D eigenvalue weighted by molar-refractivity contribution is 0.0597. The van der Waals surface area contributed by atoms with Gasteiger partial charge in [0.1, 0.15) is 17.1 Å². The van der Waals surface area contributed by atoms with E-state index in [1.165, 1.54) is 14.2 Å². The minimum atomic E-state index is -0.441. The predicted octanol–water partition coefficient (Wildman–Crippen LogP) is 3.36. The fourth-order valence-corrected chi connectivity index (χ4v) is 2.66. The minimum Gasteiger partial charge on any atom is -0.496 e. The Kier molecular flexibility index (Phi) is 10.9. The van der Waals surface area contributed by atoms with Gasteiger partial charge in [-0.1, -0.05) is 24.3 Å². The quantitative estimate of drug-likeness (QED) is 0.244. The second kappa shape index (κ2) is 12.9. The van der Waals surface area contributed by atoms with Crippen molar-refractivity contribution in [1.82, 2.24) is 10.6 Å². The van der Waals surface area contributed by atoms with Crippen LogP contribution in [0.1, 0.15) is 28.4 Å². The maximum Gasteiger partial charge on any atom is 0.341 e. The van der Waals surface area contributed by atoms with E-state index in [0.29, 0.717) is 30.4 Å². The molecule has 0 heterocycles. The maximum absolute atomic E-state index is 11.9. The number of hydrogen-bond donors (Lipinski definition) is 2. The lowest BCUT2D eigenvalue weighted by atomic mass is 10.1. The summed E-state index contributed by atoms with van der Waals surface area (Å²) < 4.78 is 15.4. The Morgan fingerprint density at radius 2 is 1.72 bits per heavy atom. The van der Waals surface area contributed by atoms with E-state index in [1.807, 2.05) is 37.3 Å². The molecule has 0 aliphatic heterocycles. The SMILES string of the molecule is CCNC(=NCc1ccc(OC)c(C(=O)OC)c1)NCc1ccccc1OC.I. The highest BCUT2D eigenvalue weighted by atomic mass is 127. The molecule has 29 heavy (non-hydrogen) atoms. The summed E-state index contributed by atoms with van der Waals surface area (Å²) in [6.07, 6.45) is 0. The molecule has 0 aliphatic rings. The van der Waals surface area contributed by atoms with Crippen LogP contribution in [0.2, 0.25) is 0 Å². The monoisotopic (exact) mass is 513 g/mol. The van der Waals surface area contributed by atoms with Gasteiger partial charge in [-0.25, -0.2) is 9.79 Å². The van der Waals surface area contributed by atoms with Gasteiger partial charge < -0.3 is 24.8 Å². The summed E-state index contributed by atoms with van der Waals surface area (Å²) in [5, 5.41) is 6.51. The molecule has 7 nitrogen and oxygen atoms in total. The topological polar surface area (TPSA) is 81.2 Å². The molecule has 158 valence electrons. The Hall–Kier alpha value is -2.49. The zero-order valence-electron chi connectivity index (χ0n) is 17.2. The van der Waals surface area contributed by atoms with Crippen LogP contribution in [0.25, 0.3) is 0 Å². The van der Waals surface area contributed by atoms with Gasteiger partial charge in [0.05, 0.1) is 27.9 Å². The molecule has 0 spiro atoms. The van der Waals surface area contributed by atoms with Crippen LogP contribution in [0.15, 0.2) is 47.5 Å². The third kappa shape index (κ3) is 7.12. The van der Waals surface area contributed by atoms with Gasteiger partial charge in [0.15, 0.2) is 5.96 Å². The molecule has 0 bridgehead atoms. The molecule has 2 N–H and O–H groups in total. The molecule has 0 radical (unpaired) electrons. The summed E-state index contributed by atoms with van der Waals surface area (Å²) in [6, 6.07) is 13.2. The van der Waals surface area contributed by atoms with E-state index >= 15 is 0 Å². The van der Waals surface area contributed by atoms with Crippen LogP contribution in [-0.4, -0.2) is 39.8 Å². The number of nitrogens with one attached hydrogen (secondary N) is 2. The molecular weight excluding hydrogens is 485 g/mol. The summed E-state index contributed by atoms with van der Waals surface area (Å²) in [5.41, 5.74) is 2.29. The summed E-state index contributed by atoms with van der Waals surface area (Å²) >= 11 is 0. The Morgan fingerprint density at radius 1 is 1.00 bits per heavy atom. The lowest BCUT2D eigenvalue weighted by Gasteiger charge is -2.14. The summed E-state index contributed by atoms with van der Waals surface area (Å²) in [7, 11) is 4.52. The van der Waals surface area contributed by atoms with Crippen molar-refractivity contribution >= 4 is 35.9 Å². The molecule has 0 unspecified atom stereocenters. The number of guanidine groups is 1. The Labute approximate surface area is 188 Å². The van der Waals surface area contributed by atoms with Gasteiger partial charge in [0.25, 0.3) is 0 Å². The molecule has 0 aliphatic carbocycles. The number of hydrogen-bond acceptors (Lipinski definition) is 5. The fraction of sp³-hybridized carbons (Fsp3) is 0.333. The number of carbonyl (C=O) groups is 1. The minimum absolute atomic E-state index is 0. The highest BCUT2D eigenvalue weighted by Crippen LogP contribution is 2.21. The number of carbonyl (C=O) groups excluding carboxylic acids is 1. The molecule has 0 aromatic heterocycles. The van der Waals surface area contributed by atoms with Crippen LogP contribution < -0.4 is 20.1 Å². The molecule has 2 aromatic carbocycles. The Balaban J connectivity index is 0.00000420. The molecule has 0 fully saturated rings. The maximum atomic E-state index is 11.9. The van der Waals surface area contributed by atoms with Crippen molar-refractivity contribution in [3.63, 3.8) is 0 Å². The molecule has 8 heteroatoms. The van der Waals surface area contributed by atoms with Crippen molar-refractivity contribution in [2.75, 3.05) is 27.9 Å². The second-order valence-corrected chi connectivity index (χ2v) is 5.89. The third-order valence-electron chi connectivity index (χ3n) is 4.07. The van der Waals surface area contributed by atoms with Crippen molar-refractivity contribution in [3.8, 4) is 11.5 Å². The standard InChI is InChI=1S/C21H27N3O4.HI/c1-5-22-21(24-14-16-8-6-7-9-18(16)26-2)23-13-15-10-11-19(27-3)17(12-15)20(25)28-4;/h6-12H,5,13-14H2,1-4H3,(H2,22,23,24);1H. The number of rotatable bonds is 8. The number of halogens is 1. The van der Waals surface area contributed by atoms with Crippen molar-refractivity contribution in [1.29, 1.82) is 0 Å². The number of para-hydroxylation sites is 1. The number of methoxy groups -OCH3 is 3. The van der Waals surface area contributed by atoms with Crippen LogP contribution in [0.5, 0.6) is 11.5 Å². The van der Waals surface area contributed by atoms with Crippen molar-refractivity contribution in [2.24, 2.45) is 4.99 Å². The van der Waals surface area contributed by atoms with Gasteiger partial charge in [-0.15, -0.1) is 24.0 Å². The summed E-state index contributed by atoms with van der Waals surface area (Å²) in [4.78, 5) is 16.5. The third-order valence-corrected chi connectivity index (χ3v) is 4.07. The number of esters is 1. The lowest BCUT2D eigenvalue weighted by Crippen LogP contribution is -2.36. The molecule has 2 rings (SSSR count). The van der Waals surface area contributed by atoms with Gasteiger partial charge in [-0.2, -0.15) is 0 Å². The zero-order valence-corrected chi connectivity index (χ0v) is 19.5. The van der Waals surface area contributed by atoms with Crippen molar-refractivity contribution in [3.05, 3.63) is 59.2 Å².